The average molecular weight is 239 g/mol. The van der Waals surface area contributed by atoms with Gasteiger partial charge in [0.15, 0.2) is 17.3 Å². The number of aromatic hydroxyl groups is 1. The third kappa shape index (κ3) is 2.88. The van der Waals surface area contributed by atoms with Crippen LogP contribution in [-0.4, -0.2) is 25.3 Å². The maximum atomic E-state index is 13.6. The molecule has 2 rings (SSSR count). The standard InChI is InChI=1S/C13H18FNO2/c1-17-13-11(14)7-10(8-12(13)16)6-9-2-4-15-5-3-9/h7-9,15-16H,2-6H2,1H3. The van der Waals surface area contributed by atoms with Crippen LogP contribution in [0.5, 0.6) is 11.5 Å². The van der Waals surface area contributed by atoms with Gasteiger partial charge >= 0.3 is 0 Å². The Bertz CT molecular complexity index is 366. The van der Waals surface area contributed by atoms with Gasteiger partial charge in [0.25, 0.3) is 0 Å². The molecule has 94 valence electrons. The molecule has 1 heterocycles. The number of ether oxygens (including phenoxy) is 1. The molecule has 1 aromatic rings. The molecule has 0 saturated carbocycles. The van der Waals surface area contributed by atoms with E-state index in [4.69, 9.17) is 4.74 Å². The fourth-order valence-corrected chi connectivity index (χ4v) is 2.37. The summed E-state index contributed by atoms with van der Waals surface area (Å²) in [5.74, 6) is -0.102. The van der Waals surface area contributed by atoms with E-state index in [1.54, 1.807) is 6.07 Å². The first-order chi connectivity index (χ1) is 8.20. The maximum Gasteiger partial charge on any atom is 0.196 e. The number of nitrogens with one attached hydrogen (secondary N) is 1. The zero-order chi connectivity index (χ0) is 12.3. The van der Waals surface area contributed by atoms with Gasteiger partial charge in [-0.3, -0.25) is 0 Å². The molecule has 3 nitrogen and oxygen atoms in total. The number of hydrogen-bond acceptors (Lipinski definition) is 3. The number of phenolic OH excluding ortho intramolecular Hbond substituents is 1. The van der Waals surface area contributed by atoms with Crippen molar-refractivity contribution in [3.63, 3.8) is 0 Å². The second kappa shape index (κ2) is 5.36. The lowest BCUT2D eigenvalue weighted by Gasteiger charge is -2.22. The van der Waals surface area contributed by atoms with E-state index in [1.807, 2.05) is 0 Å². The molecular formula is C13H18FNO2. The van der Waals surface area contributed by atoms with Crippen molar-refractivity contribution < 1.29 is 14.2 Å². The number of phenols is 1. The summed E-state index contributed by atoms with van der Waals surface area (Å²) in [5, 5.41) is 12.9. The maximum absolute atomic E-state index is 13.6. The summed E-state index contributed by atoms with van der Waals surface area (Å²) >= 11 is 0. The molecule has 0 spiro atoms. The SMILES string of the molecule is COc1c(O)cc(CC2CCNCC2)cc1F. The van der Waals surface area contributed by atoms with Crippen molar-refractivity contribution in [1.29, 1.82) is 0 Å². The Labute approximate surface area is 101 Å². The van der Waals surface area contributed by atoms with Crippen LogP contribution in [-0.2, 0) is 6.42 Å². The van der Waals surface area contributed by atoms with E-state index in [-0.39, 0.29) is 11.5 Å². The Hall–Kier alpha value is -1.29. The molecule has 0 amide bonds. The summed E-state index contributed by atoms with van der Waals surface area (Å²) in [4.78, 5) is 0. The predicted octanol–water partition coefficient (Wildman–Crippen LogP) is 2.08. The molecule has 1 aromatic carbocycles. The van der Waals surface area contributed by atoms with Crippen LogP contribution < -0.4 is 10.1 Å². The highest BCUT2D eigenvalue weighted by atomic mass is 19.1. The number of hydrogen-bond donors (Lipinski definition) is 2. The molecule has 1 fully saturated rings. The molecule has 0 unspecified atom stereocenters. The molecule has 1 aliphatic heterocycles. The molecule has 0 atom stereocenters. The van der Waals surface area contributed by atoms with Crippen LogP contribution in [0.15, 0.2) is 12.1 Å². The number of piperidine rings is 1. The van der Waals surface area contributed by atoms with Crippen molar-refractivity contribution in [2.75, 3.05) is 20.2 Å². The first-order valence-electron chi connectivity index (χ1n) is 5.97. The van der Waals surface area contributed by atoms with Crippen molar-refractivity contribution in [2.24, 2.45) is 5.92 Å². The zero-order valence-corrected chi connectivity index (χ0v) is 10.0. The van der Waals surface area contributed by atoms with E-state index in [1.165, 1.54) is 13.2 Å². The summed E-state index contributed by atoms with van der Waals surface area (Å²) in [5.41, 5.74) is 0.840. The summed E-state index contributed by atoms with van der Waals surface area (Å²) in [6, 6.07) is 3.06. The van der Waals surface area contributed by atoms with E-state index >= 15 is 0 Å². The first kappa shape index (κ1) is 12.2. The summed E-state index contributed by atoms with van der Waals surface area (Å²) in [6.45, 7) is 2.05. The van der Waals surface area contributed by atoms with Crippen LogP contribution in [0.25, 0.3) is 0 Å². The minimum Gasteiger partial charge on any atom is -0.504 e. The number of rotatable bonds is 3. The van der Waals surface area contributed by atoms with Gasteiger partial charge in [0.05, 0.1) is 7.11 Å². The zero-order valence-electron chi connectivity index (χ0n) is 10.0. The van der Waals surface area contributed by atoms with Gasteiger partial charge in [0, 0.05) is 0 Å². The first-order valence-corrected chi connectivity index (χ1v) is 5.97. The van der Waals surface area contributed by atoms with E-state index in [2.05, 4.69) is 5.32 Å². The Morgan fingerprint density at radius 1 is 1.41 bits per heavy atom. The molecule has 0 bridgehead atoms. The lowest BCUT2D eigenvalue weighted by Crippen LogP contribution is -2.28. The molecule has 0 radical (unpaired) electrons. The Balaban J connectivity index is 2.10. The Kier molecular flexibility index (Phi) is 3.84. The summed E-state index contributed by atoms with van der Waals surface area (Å²) in [6.07, 6.45) is 3.03. The van der Waals surface area contributed by atoms with E-state index in [9.17, 15) is 9.50 Å². The lowest BCUT2D eigenvalue weighted by atomic mass is 9.91. The highest BCUT2D eigenvalue weighted by Gasteiger charge is 2.16. The minimum absolute atomic E-state index is 0.0703. The van der Waals surface area contributed by atoms with Crippen molar-refractivity contribution in [3.05, 3.63) is 23.5 Å². The van der Waals surface area contributed by atoms with E-state index < -0.39 is 5.82 Å². The molecule has 0 aliphatic carbocycles. The topological polar surface area (TPSA) is 41.5 Å². The second-order valence-electron chi connectivity index (χ2n) is 4.53. The van der Waals surface area contributed by atoms with E-state index in [0.717, 1.165) is 37.9 Å². The molecule has 4 heteroatoms. The smallest absolute Gasteiger partial charge is 0.196 e. The number of methoxy groups -OCH3 is 1. The van der Waals surface area contributed by atoms with Crippen LogP contribution >= 0.6 is 0 Å². The molecule has 1 saturated heterocycles. The molecule has 1 aliphatic rings. The lowest BCUT2D eigenvalue weighted by molar-refractivity contribution is 0.347. The van der Waals surface area contributed by atoms with Crippen LogP contribution in [0.3, 0.4) is 0 Å². The fraction of sp³-hybridized carbons (Fsp3) is 0.538. The third-order valence-electron chi connectivity index (χ3n) is 3.27. The largest absolute Gasteiger partial charge is 0.504 e. The van der Waals surface area contributed by atoms with Gasteiger partial charge in [-0.15, -0.1) is 0 Å². The summed E-state index contributed by atoms with van der Waals surface area (Å²) < 4.78 is 18.4. The molecule has 0 aromatic heterocycles. The minimum atomic E-state index is -0.489. The highest BCUT2D eigenvalue weighted by molar-refractivity contribution is 5.43. The van der Waals surface area contributed by atoms with Crippen molar-refractivity contribution in [1.82, 2.24) is 5.32 Å². The fourth-order valence-electron chi connectivity index (χ4n) is 2.37. The van der Waals surface area contributed by atoms with Gasteiger partial charge < -0.3 is 15.2 Å². The van der Waals surface area contributed by atoms with Gasteiger partial charge in [0.2, 0.25) is 0 Å². The molecule has 17 heavy (non-hydrogen) atoms. The monoisotopic (exact) mass is 239 g/mol. The van der Waals surface area contributed by atoms with Crippen LogP contribution in [0.1, 0.15) is 18.4 Å². The Morgan fingerprint density at radius 3 is 2.71 bits per heavy atom. The number of halogens is 1. The predicted molar refractivity (Wildman–Crippen MR) is 63.9 cm³/mol. The van der Waals surface area contributed by atoms with Crippen LogP contribution in [0, 0.1) is 11.7 Å². The van der Waals surface area contributed by atoms with Crippen LogP contribution in [0.4, 0.5) is 4.39 Å². The van der Waals surface area contributed by atoms with Crippen LogP contribution in [0.2, 0.25) is 0 Å². The van der Waals surface area contributed by atoms with Gasteiger partial charge in [0.1, 0.15) is 0 Å². The molecular weight excluding hydrogens is 221 g/mol. The van der Waals surface area contributed by atoms with Gasteiger partial charge in [-0.05, 0) is 56.0 Å². The quantitative estimate of drug-likeness (QED) is 0.848. The normalized spacial score (nSPS) is 17.1. The van der Waals surface area contributed by atoms with Crippen molar-refractivity contribution in [3.8, 4) is 11.5 Å². The van der Waals surface area contributed by atoms with Gasteiger partial charge in [-0.25, -0.2) is 4.39 Å². The van der Waals surface area contributed by atoms with Gasteiger partial charge in [-0.1, -0.05) is 0 Å². The van der Waals surface area contributed by atoms with E-state index in [0.29, 0.717) is 5.92 Å². The van der Waals surface area contributed by atoms with Crippen molar-refractivity contribution >= 4 is 0 Å². The van der Waals surface area contributed by atoms with Gasteiger partial charge in [-0.2, -0.15) is 0 Å². The highest BCUT2D eigenvalue weighted by Crippen LogP contribution is 2.31. The molecule has 2 N–H and O–H groups in total. The number of benzene rings is 1. The summed E-state index contributed by atoms with van der Waals surface area (Å²) in [7, 11) is 1.35. The Morgan fingerprint density at radius 2 is 2.12 bits per heavy atom. The van der Waals surface area contributed by atoms with Crippen molar-refractivity contribution in [2.45, 2.75) is 19.3 Å². The second-order valence-corrected chi connectivity index (χ2v) is 4.53. The third-order valence-corrected chi connectivity index (χ3v) is 3.27. The average Bonchev–Trinajstić information content (AvgIpc) is 2.30.